The van der Waals surface area contributed by atoms with Gasteiger partial charge in [0.2, 0.25) is 11.8 Å². The quantitative estimate of drug-likeness (QED) is 0.727. The Morgan fingerprint density at radius 1 is 1.38 bits per heavy atom. The van der Waals surface area contributed by atoms with Crippen molar-refractivity contribution in [1.29, 1.82) is 0 Å². The number of amides is 2. The second-order valence-electron chi connectivity index (χ2n) is 4.57. The van der Waals surface area contributed by atoms with Crippen LogP contribution in [0.5, 0.6) is 5.88 Å². The van der Waals surface area contributed by atoms with Gasteiger partial charge in [0, 0.05) is 5.39 Å². The molecule has 8 nitrogen and oxygen atoms in total. The number of benzene rings is 1. The Labute approximate surface area is 118 Å². The lowest BCUT2D eigenvalue weighted by atomic mass is 10.1. The van der Waals surface area contributed by atoms with Gasteiger partial charge < -0.3 is 10.1 Å². The van der Waals surface area contributed by atoms with E-state index in [1.54, 1.807) is 31.2 Å². The maximum Gasteiger partial charge on any atom is 0.312 e. The van der Waals surface area contributed by atoms with Gasteiger partial charge in [0.05, 0.1) is 11.4 Å². The number of rotatable bonds is 2. The number of para-hydroxylation sites is 1. The molecule has 0 spiro atoms. The third kappa shape index (κ3) is 2.16. The minimum Gasteiger partial charge on any atom is -0.493 e. The predicted octanol–water partition coefficient (Wildman–Crippen LogP) is 1.61. The number of azo groups is 1. The summed E-state index contributed by atoms with van der Waals surface area (Å²) in [5, 5.41) is 21.4. The van der Waals surface area contributed by atoms with Gasteiger partial charge in [0.15, 0.2) is 5.69 Å². The zero-order chi connectivity index (χ0) is 15.0. The van der Waals surface area contributed by atoms with Crippen molar-refractivity contribution in [3.8, 4) is 5.88 Å². The average molecular weight is 285 g/mol. The van der Waals surface area contributed by atoms with Gasteiger partial charge in [-0.2, -0.15) is 5.10 Å². The molecule has 0 saturated carbocycles. The molecule has 0 fully saturated rings. The Morgan fingerprint density at radius 2 is 2.14 bits per heavy atom. The van der Waals surface area contributed by atoms with Crippen molar-refractivity contribution in [2.45, 2.75) is 6.92 Å². The van der Waals surface area contributed by atoms with Crippen LogP contribution >= 0.6 is 0 Å². The van der Waals surface area contributed by atoms with Crippen LogP contribution in [-0.4, -0.2) is 27.6 Å². The van der Waals surface area contributed by atoms with Gasteiger partial charge in [-0.15, -0.1) is 10.2 Å². The average Bonchev–Trinajstić information content (AvgIpc) is 2.97. The van der Waals surface area contributed by atoms with Crippen molar-refractivity contribution in [3.05, 3.63) is 24.3 Å². The van der Waals surface area contributed by atoms with Gasteiger partial charge in [0.25, 0.3) is 0 Å². The molecule has 2 aromatic rings. The molecular weight excluding hydrogens is 274 g/mol. The number of fused-ring (bicyclic) bond motifs is 1. The normalized spacial score (nSPS) is 18.2. The van der Waals surface area contributed by atoms with Gasteiger partial charge in [-0.1, -0.05) is 18.2 Å². The zero-order valence-electron chi connectivity index (χ0n) is 11.0. The second kappa shape index (κ2) is 4.82. The molecule has 2 amide bonds. The molecule has 0 bridgehead atoms. The fourth-order valence-electron chi connectivity index (χ4n) is 2.03. The molecule has 1 aliphatic rings. The first kappa shape index (κ1) is 13.0. The molecule has 1 aromatic carbocycles. The molecule has 1 aliphatic heterocycles. The van der Waals surface area contributed by atoms with Gasteiger partial charge in [-0.3, -0.25) is 9.59 Å². The number of hydrogen-bond donors (Lipinski definition) is 3. The van der Waals surface area contributed by atoms with Crippen LogP contribution in [0.4, 0.5) is 5.69 Å². The highest BCUT2D eigenvalue weighted by atomic mass is 16.3. The largest absolute Gasteiger partial charge is 0.493 e. The van der Waals surface area contributed by atoms with Crippen molar-refractivity contribution in [2.75, 3.05) is 0 Å². The van der Waals surface area contributed by atoms with Gasteiger partial charge in [-0.05, 0) is 13.0 Å². The maximum atomic E-state index is 11.9. The number of aromatic nitrogens is 1. The predicted molar refractivity (Wildman–Crippen MR) is 74.2 cm³/mol. The lowest BCUT2D eigenvalue weighted by Gasteiger charge is -1.97. The summed E-state index contributed by atoms with van der Waals surface area (Å²) in [5.74, 6) is -1.91. The van der Waals surface area contributed by atoms with E-state index in [9.17, 15) is 14.7 Å². The maximum absolute atomic E-state index is 11.9. The molecule has 1 atom stereocenters. The molecule has 3 rings (SSSR count). The smallest absolute Gasteiger partial charge is 0.312 e. The fourth-order valence-corrected chi connectivity index (χ4v) is 2.03. The van der Waals surface area contributed by atoms with E-state index in [0.29, 0.717) is 10.9 Å². The summed E-state index contributed by atoms with van der Waals surface area (Å²) in [6, 6.07) is 7.09. The molecule has 1 aromatic heterocycles. The first-order chi connectivity index (χ1) is 10.1. The zero-order valence-corrected chi connectivity index (χ0v) is 11.0. The van der Waals surface area contributed by atoms with E-state index in [-0.39, 0.29) is 23.2 Å². The van der Waals surface area contributed by atoms with Crippen molar-refractivity contribution < 1.29 is 14.7 Å². The van der Waals surface area contributed by atoms with Crippen LogP contribution < -0.4 is 5.43 Å². The molecule has 106 valence electrons. The van der Waals surface area contributed by atoms with E-state index < -0.39 is 11.8 Å². The van der Waals surface area contributed by atoms with Crippen molar-refractivity contribution in [3.63, 3.8) is 0 Å². The number of hydrazone groups is 1. The van der Waals surface area contributed by atoms with Crippen LogP contribution in [-0.2, 0) is 9.59 Å². The second-order valence-corrected chi connectivity index (χ2v) is 4.57. The molecule has 2 heterocycles. The summed E-state index contributed by atoms with van der Waals surface area (Å²) in [6.45, 7) is 1.55. The number of carbonyl (C=O) groups is 2. The van der Waals surface area contributed by atoms with Gasteiger partial charge in [-0.25, -0.2) is 5.43 Å². The van der Waals surface area contributed by atoms with E-state index in [1.807, 2.05) is 0 Å². The molecule has 8 heteroatoms. The minimum atomic E-state index is -0.717. The van der Waals surface area contributed by atoms with Crippen LogP contribution in [0, 0.1) is 5.92 Å². The van der Waals surface area contributed by atoms with Crippen molar-refractivity contribution >= 4 is 34.1 Å². The van der Waals surface area contributed by atoms with Crippen LogP contribution in [0.25, 0.3) is 10.9 Å². The molecule has 3 N–H and O–H groups in total. The third-order valence-corrected chi connectivity index (χ3v) is 3.21. The Kier molecular flexibility index (Phi) is 2.98. The number of H-pyrrole nitrogens is 1. The summed E-state index contributed by atoms with van der Waals surface area (Å²) in [7, 11) is 0. The molecule has 0 radical (unpaired) electrons. The molecule has 0 aliphatic carbocycles. The van der Waals surface area contributed by atoms with E-state index in [0.717, 1.165) is 0 Å². The Morgan fingerprint density at radius 3 is 2.86 bits per heavy atom. The highest BCUT2D eigenvalue weighted by Gasteiger charge is 2.30. The van der Waals surface area contributed by atoms with Crippen LogP contribution in [0.15, 0.2) is 39.6 Å². The SMILES string of the molecule is CC1C(=O)NN=C1C(=O)N=Nc1c(O)[nH]c2ccccc12. The lowest BCUT2D eigenvalue weighted by Crippen LogP contribution is -2.23. The Balaban J connectivity index is 1.90. The van der Waals surface area contributed by atoms with E-state index in [2.05, 4.69) is 25.7 Å². The summed E-state index contributed by atoms with van der Waals surface area (Å²) >= 11 is 0. The lowest BCUT2D eigenvalue weighted by molar-refractivity contribution is -0.122. The van der Waals surface area contributed by atoms with Crippen LogP contribution in [0.1, 0.15) is 6.92 Å². The van der Waals surface area contributed by atoms with E-state index in [4.69, 9.17) is 0 Å². The number of nitrogens with zero attached hydrogens (tertiary/aromatic N) is 3. The Bertz CT molecular complexity index is 805. The number of carbonyl (C=O) groups excluding carboxylic acids is 2. The van der Waals surface area contributed by atoms with E-state index in [1.165, 1.54) is 0 Å². The summed E-state index contributed by atoms with van der Waals surface area (Å²) in [5.41, 5.74) is 3.06. The monoisotopic (exact) mass is 285 g/mol. The fraction of sp³-hybridized carbons (Fsp3) is 0.154. The van der Waals surface area contributed by atoms with Crippen LogP contribution in [0.3, 0.4) is 0 Å². The molecule has 21 heavy (non-hydrogen) atoms. The van der Waals surface area contributed by atoms with Crippen molar-refractivity contribution in [2.24, 2.45) is 21.2 Å². The standard InChI is InChI=1S/C13H11N5O3/c1-6-9(15-17-11(6)19)13(21)18-16-10-7-4-2-3-5-8(7)14-12(10)20/h2-6,14,20H,1H3,(H,17,19). The third-order valence-electron chi connectivity index (χ3n) is 3.21. The van der Waals surface area contributed by atoms with Crippen LogP contribution in [0.2, 0.25) is 0 Å². The first-order valence-corrected chi connectivity index (χ1v) is 6.21. The van der Waals surface area contributed by atoms with E-state index >= 15 is 0 Å². The minimum absolute atomic E-state index is 0.00285. The molecule has 0 saturated heterocycles. The summed E-state index contributed by atoms with van der Waals surface area (Å²) < 4.78 is 0. The first-order valence-electron chi connectivity index (χ1n) is 6.21. The number of aromatic amines is 1. The Hall–Kier alpha value is -3.03. The highest BCUT2D eigenvalue weighted by molar-refractivity contribution is 6.44. The van der Waals surface area contributed by atoms with Gasteiger partial charge >= 0.3 is 5.91 Å². The molecule has 1 unspecified atom stereocenters. The summed E-state index contributed by atoms with van der Waals surface area (Å²) in [4.78, 5) is 25.9. The number of aromatic hydroxyl groups is 1. The number of nitrogens with one attached hydrogen (secondary N) is 2. The summed E-state index contributed by atoms with van der Waals surface area (Å²) in [6.07, 6.45) is 0. The van der Waals surface area contributed by atoms with Gasteiger partial charge in [0.1, 0.15) is 5.71 Å². The topological polar surface area (TPSA) is 119 Å². The van der Waals surface area contributed by atoms with Crippen molar-refractivity contribution in [1.82, 2.24) is 10.4 Å². The number of hydrogen-bond acceptors (Lipinski definition) is 5. The molecular formula is C13H11N5O3. The highest BCUT2D eigenvalue weighted by Crippen LogP contribution is 2.35.